The lowest BCUT2D eigenvalue weighted by Crippen LogP contribution is -2.22. The van der Waals surface area contributed by atoms with E-state index in [0.717, 1.165) is 25.4 Å². The van der Waals surface area contributed by atoms with E-state index in [1.807, 2.05) is 6.07 Å². The van der Waals surface area contributed by atoms with Gasteiger partial charge in [0.2, 0.25) is 0 Å². The second-order valence-corrected chi connectivity index (χ2v) is 5.16. The molecular formula is C17H19NO. The lowest BCUT2D eigenvalue weighted by atomic mass is 10.0. The normalized spacial score (nSPS) is 17.0. The monoisotopic (exact) mass is 253 g/mol. The van der Waals surface area contributed by atoms with Crippen LogP contribution in [0, 0.1) is 6.92 Å². The fraction of sp³-hybridized carbons (Fsp3) is 0.294. The molecule has 0 saturated heterocycles. The minimum absolute atomic E-state index is 0.474. The van der Waals surface area contributed by atoms with Crippen LogP contribution in [0.2, 0.25) is 0 Å². The largest absolute Gasteiger partial charge is 0.493 e. The number of aryl methyl sites for hydroxylation is 1. The zero-order valence-corrected chi connectivity index (χ0v) is 11.2. The van der Waals surface area contributed by atoms with Crippen molar-refractivity contribution in [3.63, 3.8) is 0 Å². The van der Waals surface area contributed by atoms with E-state index in [4.69, 9.17) is 4.74 Å². The van der Waals surface area contributed by atoms with Gasteiger partial charge >= 0.3 is 0 Å². The van der Waals surface area contributed by atoms with Crippen LogP contribution in [0.15, 0.2) is 48.5 Å². The van der Waals surface area contributed by atoms with E-state index < -0.39 is 0 Å². The van der Waals surface area contributed by atoms with Crippen LogP contribution in [-0.2, 0) is 6.54 Å². The molecule has 1 aliphatic rings. The summed E-state index contributed by atoms with van der Waals surface area (Å²) in [5, 5.41) is 3.52. The smallest absolute Gasteiger partial charge is 0.122 e. The number of fused-ring (bicyclic) bond motifs is 1. The first-order chi connectivity index (χ1) is 9.33. The zero-order chi connectivity index (χ0) is 13.1. The van der Waals surface area contributed by atoms with Gasteiger partial charge in [0.05, 0.1) is 6.61 Å². The number of rotatable bonds is 4. The van der Waals surface area contributed by atoms with Crippen molar-refractivity contribution in [1.82, 2.24) is 5.32 Å². The second-order valence-electron chi connectivity index (χ2n) is 5.16. The molecule has 2 aromatic carbocycles. The van der Waals surface area contributed by atoms with Crippen molar-refractivity contribution < 1.29 is 4.74 Å². The molecule has 1 heterocycles. The van der Waals surface area contributed by atoms with Crippen molar-refractivity contribution in [2.45, 2.75) is 19.4 Å². The molecule has 0 fully saturated rings. The highest BCUT2D eigenvalue weighted by atomic mass is 16.5. The maximum atomic E-state index is 5.69. The summed E-state index contributed by atoms with van der Waals surface area (Å²) in [6, 6.07) is 17.0. The third-order valence-electron chi connectivity index (χ3n) is 3.64. The molecule has 1 N–H and O–H groups in total. The number of benzene rings is 2. The fourth-order valence-corrected chi connectivity index (χ4v) is 2.49. The Balaban J connectivity index is 1.55. The quantitative estimate of drug-likeness (QED) is 0.903. The molecule has 2 nitrogen and oxygen atoms in total. The molecule has 0 radical (unpaired) electrons. The average Bonchev–Trinajstić information content (AvgIpc) is 2.85. The average molecular weight is 253 g/mol. The summed E-state index contributed by atoms with van der Waals surface area (Å²) < 4.78 is 5.69. The van der Waals surface area contributed by atoms with Crippen molar-refractivity contribution in [2.24, 2.45) is 0 Å². The molecule has 19 heavy (non-hydrogen) atoms. The van der Waals surface area contributed by atoms with Gasteiger partial charge in [-0.05, 0) is 18.6 Å². The summed E-state index contributed by atoms with van der Waals surface area (Å²) in [4.78, 5) is 0. The number of nitrogens with one attached hydrogen (secondary N) is 1. The first kappa shape index (κ1) is 12.2. The van der Waals surface area contributed by atoms with Crippen molar-refractivity contribution in [3.8, 4) is 5.75 Å². The van der Waals surface area contributed by atoms with E-state index in [1.54, 1.807) is 0 Å². The standard InChI is InChI=1S/C17H19NO/c1-13-6-8-14(9-7-13)10-18-11-15-12-19-17-5-3-2-4-16(15)17/h2-9,15,18H,10-12H2,1H3. The van der Waals surface area contributed by atoms with Crippen LogP contribution >= 0.6 is 0 Å². The van der Waals surface area contributed by atoms with Crippen molar-refractivity contribution in [2.75, 3.05) is 13.2 Å². The minimum Gasteiger partial charge on any atom is -0.493 e. The van der Waals surface area contributed by atoms with Gasteiger partial charge in [0.25, 0.3) is 0 Å². The summed E-state index contributed by atoms with van der Waals surface area (Å²) in [5.41, 5.74) is 3.97. The minimum atomic E-state index is 0.474. The first-order valence-electron chi connectivity index (χ1n) is 6.81. The Bertz CT molecular complexity index is 547. The van der Waals surface area contributed by atoms with E-state index >= 15 is 0 Å². The van der Waals surface area contributed by atoms with Crippen LogP contribution in [0.5, 0.6) is 5.75 Å². The fourth-order valence-electron chi connectivity index (χ4n) is 2.49. The summed E-state index contributed by atoms with van der Waals surface area (Å²) in [6.07, 6.45) is 0. The number of hydrogen-bond acceptors (Lipinski definition) is 2. The van der Waals surface area contributed by atoms with Crippen LogP contribution in [0.3, 0.4) is 0 Å². The predicted octanol–water partition coefficient (Wildman–Crippen LogP) is 3.26. The predicted molar refractivity (Wildman–Crippen MR) is 77.6 cm³/mol. The Morgan fingerprint density at radius 3 is 2.74 bits per heavy atom. The van der Waals surface area contributed by atoms with E-state index in [9.17, 15) is 0 Å². The van der Waals surface area contributed by atoms with E-state index in [1.165, 1.54) is 16.7 Å². The summed E-state index contributed by atoms with van der Waals surface area (Å²) in [7, 11) is 0. The van der Waals surface area contributed by atoms with Gasteiger partial charge in [-0.15, -0.1) is 0 Å². The topological polar surface area (TPSA) is 21.3 Å². The van der Waals surface area contributed by atoms with Gasteiger partial charge in [0.1, 0.15) is 5.75 Å². The van der Waals surface area contributed by atoms with Gasteiger partial charge in [-0.25, -0.2) is 0 Å². The van der Waals surface area contributed by atoms with Gasteiger partial charge in [0.15, 0.2) is 0 Å². The Hall–Kier alpha value is -1.80. The van der Waals surface area contributed by atoms with Crippen molar-refractivity contribution in [1.29, 1.82) is 0 Å². The van der Waals surface area contributed by atoms with Crippen LogP contribution in [-0.4, -0.2) is 13.2 Å². The van der Waals surface area contributed by atoms with E-state index in [0.29, 0.717) is 5.92 Å². The Labute approximate surface area is 114 Å². The van der Waals surface area contributed by atoms with E-state index in [2.05, 4.69) is 54.7 Å². The molecule has 0 aliphatic carbocycles. The lowest BCUT2D eigenvalue weighted by molar-refractivity contribution is 0.326. The Morgan fingerprint density at radius 1 is 1.11 bits per heavy atom. The molecule has 0 amide bonds. The van der Waals surface area contributed by atoms with Crippen LogP contribution in [0.4, 0.5) is 0 Å². The highest BCUT2D eigenvalue weighted by Gasteiger charge is 2.22. The van der Waals surface area contributed by atoms with Crippen molar-refractivity contribution >= 4 is 0 Å². The molecule has 3 rings (SSSR count). The molecule has 0 spiro atoms. The van der Waals surface area contributed by atoms with Gasteiger partial charge < -0.3 is 10.1 Å². The molecule has 2 aromatic rings. The van der Waals surface area contributed by atoms with Crippen LogP contribution in [0.25, 0.3) is 0 Å². The Kier molecular flexibility index (Phi) is 3.51. The summed E-state index contributed by atoms with van der Waals surface area (Å²) in [6.45, 7) is 4.79. The number of hydrogen-bond donors (Lipinski definition) is 1. The Morgan fingerprint density at radius 2 is 1.89 bits per heavy atom. The maximum absolute atomic E-state index is 5.69. The maximum Gasteiger partial charge on any atom is 0.122 e. The molecule has 1 unspecified atom stereocenters. The third kappa shape index (κ3) is 2.79. The van der Waals surface area contributed by atoms with Crippen LogP contribution < -0.4 is 10.1 Å². The van der Waals surface area contributed by atoms with Crippen LogP contribution in [0.1, 0.15) is 22.6 Å². The number of ether oxygens (including phenoxy) is 1. The van der Waals surface area contributed by atoms with Gasteiger partial charge in [-0.2, -0.15) is 0 Å². The highest BCUT2D eigenvalue weighted by molar-refractivity contribution is 5.39. The van der Waals surface area contributed by atoms with E-state index in [-0.39, 0.29) is 0 Å². The molecule has 0 aromatic heterocycles. The molecule has 98 valence electrons. The molecule has 1 atom stereocenters. The van der Waals surface area contributed by atoms with Gasteiger partial charge in [-0.3, -0.25) is 0 Å². The van der Waals surface area contributed by atoms with Gasteiger partial charge in [0, 0.05) is 24.6 Å². The lowest BCUT2D eigenvalue weighted by Gasteiger charge is -2.10. The summed E-state index contributed by atoms with van der Waals surface area (Å²) in [5.74, 6) is 1.52. The SMILES string of the molecule is Cc1ccc(CNCC2COc3ccccc32)cc1. The highest BCUT2D eigenvalue weighted by Crippen LogP contribution is 2.32. The molecule has 1 aliphatic heterocycles. The third-order valence-corrected chi connectivity index (χ3v) is 3.64. The first-order valence-corrected chi connectivity index (χ1v) is 6.81. The molecular weight excluding hydrogens is 234 g/mol. The van der Waals surface area contributed by atoms with Gasteiger partial charge in [-0.1, -0.05) is 48.0 Å². The summed E-state index contributed by atoms with van der Waals surface area (Å²) >= 11 is 0. The number of para-hydroxylation sites is 1. The zero-order valence-electron chi connectivity index (χ0n) is 11.2. The molecule has 2 heteroatoms. The second kappa shape index (κ2) is 5.45. The molecule has 0 bridgehead atoms. The van der Waals surface area contributed by atoms with Crippen molar-refractivity contribution in [3.05, 3.63) is 65.2 Å². The molecule has 0 saturated carbocycles.